The van der Waals surface area contributed by atoms with Crippen LogP contribution >= 0.6 is 0 Å². The van der Waals surface area contributed by atoms with Crippen molar-refractivity contribution < 1.29 is 19.1 Å². The topological polar surface area (TPSA) is 107 Å². The van der Waals surface area contributed by atoms with E-state index in [1.165, 1.54) is 0 Å². The zero-order valence-corrected chi connectivity index (χ0v) is 19.0. The highest BCUT2D eigenvalue weighted by Crippen LogP contribution is 2.32. The van der Waals surface area contributed by atoms with Gasteiger partial charge in [0.15, 0.2) is 11.5 Å². The molecule has 0 saturated carbocycles. The third kappa shape index (κ3) is 6.23. The van der Waals surface area contributed by atoms with Gasteiger partial charge in [0.25, 0.3) is 0 Å². The number of amides is 2. The van der Waals surface area contributed by atoms with Crippen molar-refractivity contribution in [1.29, 1.82) is 0 Å². The minimum atomic E-state index is -0.563. The molecule has 174 valence electrons. The van der Waals surface area contributed by atoms with E-state index in [-0.39, 0.29) is 24.3 Å². The second-order valence-corrected chi connectivity index (χ2v) is 8.12. The van der Waals surface area contributed by atoms with Crippen molar-refractivity contribution in [3.8, 4) is 22.9 Å². The van der Waals surface area contributed by atoms with E-state index in [9.17, 15) is 9.59 Å². The minimum Gasteiger partial charge on any atom is -0.493 e. The molecule has 2 aromatic rings. The summed E-state index contributed by atoms with van der Waals surface area (Å²) in [5, 5.41) is 8.88. The summed E-state index contributed by atoms with van der Waals surface area (Å²) in [4.78, 5) is 29.4. The zero-order chi connectivity index (χ0) is 22.9. The van der Waals surface area contributed by atoms with E-state index in [0.717, 1.165) is 17.8 Å². The van der Waals surface area contributed by atoms with Gasteiger partial charge in [-0.15, -0.1) is 0 Å². The molecule has 0 fully saturated rings. The first-order valence-corrected chi connectivity index (χ1v) is 11.1. The van der Waals surface area contributed by atoms with Crippen LogP contribution in [0.2, 0.25) is 0 Å². The first-order chi connectivity index (χ1) is 15.5. The van der Waals surface area contributed by atoms with E-state index >= 15 is 0 Å². The number of aromatic nitrogens is 2. The molecule has 2 heterocycles. The number of hydrogen-bond donors (Lipinski definition) is 3. The molecule has 1 aliphatic heterocycles. The van der Waals surface area contributed by atoms with E-state index in [1.807, 2.05) is 38.2 Å². The molecule has 0 saturated heterocycles. The highest BCUT2D eigenvalue weighted by molar-refractivity contribution is 5.88. The van der Waals surface area contributed by atoms with E-state index < -0.39 is 6.04 Å². The van der Waals surface area contributed by atoms with E-state index in [1.54, 1.807) is 13.3 Å². The average Bonchev–Trinajstić information content (AvgIpc) is 3.24. The van der Waals surface area contributed by atoms with Gasteiger partial charge in [-0.05, 0) is 43.5 Å². The van der Waals surface area contributed by atoms with Gasteiger partial charge in [-0.2, -0.15) is 0 Å². The molecule has 3 N–H and O–H groups in total. The van der Waals surface area contributed by atoms with Crippen LogP contribution in [0.4, 0.5) is 0 Å². The van der Waals surface area contributed by atoms with Gasteiger partial charge in [-0.1, -0.05) is 13.8 Å². The first-order valence-electron chi connectivity index (χ1n) is 11.1. The van der Waals surface area contributed by atoms with Crippen molar-refractivity contribution in [3.05, 3.63) is 30.6 Å². The summed E-state index contributed by atoms with van der Waals surface area (Å²) in [6.07, 6.45) is 5.13. The number of methoxy groups -OCH3 is 1. The van der Waals surface area contributed by atoms with Crippen LogP contribution in [0.3, 0.4) is 0 Å². The SMILES string of the molecule is COc1ccc2cc1OCCCNCC(=O)N[C@H](C(C)C)C(=O)NCCCn1ccnc1-2. The minimum absolute atomic E-state index is 0.0111. The van der Waals surface area contributed by atoms with Gasteiger partial charge in [0.05, 0.1) is 20.3 Å². The Hall–Kier alpha value is -3.07. The Bertz CT molecular complexity index is 912. The summed E-state index contributed by atoms with van der Waals surface area (Å²) in [6, 6.07) is 5.20. The zero-order valence-electron chi connectivity index (χ0n) is 19.0. The van der Waals surface area contributed by atoms with Gasteiger partial charge >= 0.3 is 0 Å². The standard InChI is InChI=1S/C23H33N5O4/c1-16(2)21-23(30)26-9-4-11-28-12-10-25-22(28)17-6-7-18(31-3)19(14-17)32-13-5-8-24-15-20(29)27-21/h6-7,10,12,14,16,21,24H,4-5,8-9,11,13,15H2,1-3H3,(H,26,30)(H,27,29)/t21-/m1/s1. The van der Waals surface area contributed by atoms with Gasteiger partial charge in [-0.3, -0.25) is 9.59 Å². The maximum atomic E-state index is 12.6. The largest absolute Gasteiger partial charge is 0.493 e. The number of benzene rings is 1. The maximum absolute atomic E-state index is 12.6. The molecule has 9 nitrogen and oxygen atoms in total. The van der Waals surface area contributed by atoms with Crippen LogP contribution in [0, 0.1) is 5.92 Å². The number of nitrogens with zero attached hydrogens (tertiary/aromatic N) is 2. The van der Waals surface area contributed by atoms with Crippen molar-refractivity contribution in [2.75, 3.05) is 33.4 Å². The molecular weight excluding hydrogens is 410 g/mol. The third-order valence-corrected chi connectivity index (χ3v) is 5.32. The molecule has 0 unspecified atom stereocenters. The molecule has 1 atom stereocenters. The number of carbonyl (C=O) groups is 2. The monoisotopic (exact) mass is 443 g/mol. The summed E-state index contributed by atoms with van der Waals surface area (Å²) < 4.78 is 13.4. The van der Waals surface area contributed by atoms with Crippen molar-refractivity contribution >= 4 is 11.8 Å². The number of ether oxygens (including phenoxy) is 2. The second kappa shape index (κ2) is 11.5. The molecule has 1 aromatic heterocycles. The van der Waals surface area contributed by atoms with Crippen molar-refractivity contribution in [2.45, 2.75) is 39.3 Å². The molecule has 2 bridgehead atoms. The van der Waals surface area contributed by atoms with Crippen LogP contribution in [-0.4, -0.2) is 60.8 Å². The van der Waals surface area contributed by atoms with Gasteiger partial charge in [-0.25, -0.2) is 4.98 Å². The Morgan fingerprint density at radius 3 is 2.84 bits per heavy atom. The number of fused-ring (bicyclic) bond motifs is 4. The van der Waals surface area contributed by atoms with E-state index in [0.29, 0.717) is 44.2 Å². The van der Waals surface area contributed by atoms with E-state index in [4.69, 9.17) is 9.47 Å². The van der Waals surface area contributed by atoms with Crippen LogP contribution in [-0.2, 0) is 16.1 Å². The number of aryl methyl sites for hydroxylation is 1. The highest BCUT2D eigenvalue weighted by Gasteiger charge is 2.23. The molecule has 9 heteroatoms. The summed E-state index contributed by atoms with van der Waals surface area (Å²) >= 11 is 0. The van der Waals surface area contributed by atoms with Gasteiger partial charge < -0.3 is 30.0 Å². The Labute approximate surface area is 188 Å². The third-order valence-electron chi connectivity index (χ3n) is 5.32. The van der Waals surface area contributed by atoms with Crippen LogP contribution in [0.25, 0.3) is 11.4 Å². The lowest BCUT2D eigenvalue weighted by Gasteiger charge is -2.22. The Morgan fingerprint density at radius 2 is 2.06 bits per heavy atom. The fourth-order valence-corrected chi connectivity index (χ4v) is 3.59. The predicted molar refractivity (Wildman–Crippen MR) is 122 cm³/mol. The lowest BCUT2D eigenvalue weighted by Crippen LogP contribution is -2.51. The van der Waals surface area contributed by atoms with Crippen molar-refractivity contribution in [1.82, 2.24) is 25.5 Å². The lowest BCUT2D eigenvalue weighted by molar-refractivity contribution is -0.129. The number of nitrogens with one attached hydrogen (secondary N) is 3. The van der Waals surface area contributed by atoms with Gasteiger partial charge in [0.2, 0.25) is 11.8 Å². The molecule has 1 aliphatic rings. The van der Waals surface area contributed by atoms with Gasteiger partial charge in [0.1, 0.15) is 11.9 Å². The van der Waals surface area contributed by atoms with Crippen LogP contribution in [0.1, 0.15) is 26.7 Å². The summed E-state index contributed by atoms with van der Waals surface area (Å²) in [7, 11) is 1.61. The van der Waals surface area contributed by atoms with Crippen LogP contribution in [0.15, 0.2) is 30.6 Å². The van der Waals surface area contributed by atoms with Crippen molar-refractivity contribution in [2.24, 2.45) is 5.92 Å². The molecule has 2 amide bonds. The average molecular weight is 444 g/mol. The first kappa shape index (κ1) is 23.6. The summed E-state index contributed by atoms with van der Waals surface area (Å²) in [6.45, 7) is 6.27. The van der Waals surface area contributed by atoms with Gasteiger partial charge in [0, 0.05) is 31.0 Å². The summed E-state index contributed by atoms with van der Waals surface area (Å²) in [5.41, 5.74) is 0.931. The Kier molecular flexibility index (Phi) is 8.49. The number of rotatable bonds is 2. The molecule has 0 aliphatic carbocycles. The lowest BCUT2D eigenvalue weighted by atomic mass is 10.0. The molecule has 32 heavy (non-hydrogen) atoms. The van der Waals surface area contributed by atoms with Crippen LogP contribution in [0.5, 0.6) is 11.5 Å². The second-order valence-electron chi connectivity index (χ2n) is 8.12. The fourth-order valence-electron chi connectivity index (χ4n) is 3.59. The van der Waals surface area contributed by atoms with Crippen LogP contribution < -0.4 is 25.4 Å². The molecule has 3 rings (SSSR count). The molecule has 0 spiro atoms. The van der Waals surface area contributed by atoms with E-state index in [2.05, 4.69) is 25.5 Å². The smallest absolute Gasteiger partial charge is 0.242 e. The quantitative estimate of drug-likeness (QED) is 0.651. The number of hydrogen-bond acceptors (Lipinski definition) is 6. The number of imidazole rings is 1. The Balaban J connectivity index is 1.78. The Morgan fingerprint density at radius 1 is 1.22 bits per heavy atom. The molecular formula is C23H33N5O4. The molecule has 1 aromatic carbocycles. The summed E-state index contributed by atoms with van der Waals surface area (Å²) in [5.74, 6) is 1.77. The highest BCUT2D eigenvalue weighted by atomic mass is 16.5. The van der Waals surface area contributed by atoms with Crippen molar-refractivity contribution in [3.63, 3.8) is 0 Å². The maximum Gasteiger partial charge on any atom is 0.242 e. The predicted octanol–water partition coefficient (Wildman–Crippen LogP) is 1.58. The fraction of sp³-hybridized carbons (Fsp3) is 0.522. The molecule has 0 radical (unpaired) electrons. The number of carbonyl (C=O) groups excluding carboxylic acids is 2. The normalized spacial score (nSPS) is 18.9.